The van der Waals surface area contributed by atoms with E-state index in [0.717, 1.165) is 31.2 Å². The predicted molar refractivity (Wildman–Crippen MR) is 68.9 cm³/mol. The zero-order valence-corrected chi connectivity index (χ0v) is 10.5. The lowest BCUT2D eigenvalue weighted by Gasteiger charge is -2.11. The van der Waals surface area contributed by atoms with Gasteiger partial charge in [0.1, 0.15) is 0 Å². The molecule has 0 spiro atoms. The molecule has 0 aromatic heterocycles. The van der Waals surface area contributed by atoms with Gasteiger partial charge in [0.15, 0.2) is 5.96 Å². The van der Waals surface area contributed by atoms with Gasteiger partial charge in [-0.1, -0.05) is 0 Å². The Labute approximate surface area is 101 Å². The van der Waals surface area contributed by atoms with Gasteiger partial charge in [0, 0.05) is 18.4 Å². The second kappa shape index (κ2) is 6.35. The smallest absolute Gasteiger partial charge is 0.188 e. The van der Waals surface area contributed by atoms with Crippen molar-refractivity contribution in [1.82, 2.24) is 5.32 Å². The van der Waals surface area contributed by atoms with E-state index in [1.807, 2.05) is 11.8 Å². The van der Waals surface area contributed by atoms with Crippen LogP contribution in [0.15, 0.2) is 4.99 Å². The lowest BCUT2D eigenvalue weighted by atomic mass is 10.2. The molecule has 2 rings (SSSR count). The molecule has 5 heteroatoms. The number of rotatable bonds is 4. The van der Waals surface area contributed by atoms with Crippen molar-refractivity contribution >= 4 is 17.7 Å². The molecular formula is C11H21N3OS. The van der Waals surface area contributed by atoms with E-state index < -0.39 is 0 Å². The third-order valence-electron chi connectivity index (χ3n) is 3.02. The fourth-order valence-electron chi connectivity index (χ4n) is 2.07. The van der Waals surface area contributed by atoms with Crippen molar-refractivity contribution in [1.29, 1.82) is 0 Å². The van der Waals surface area contributed by atoms with Crippen LogP contribution in [0.3, 0.4) is 0 Å². The molecule has 2 unspecified atom stereocenters. The molecule has 0 aliphatic carbocycles. The first-order valence-corrected chi connectivity index (χ1v) is 7.16. The Kier molecular flexibility index (Phi) is 4.78. The van der Waals surface area contributed by atoms with Crippen LogP contribution < -0.4 is 11.1 Å². The number of nitrogens with two attached hydrogens (primary N) is 1. The predicted octanol–water partition coefficient (Wildman–Crippen LogP) is 0.965. The Hall–Kier alpha value is -0.420. The van der Waals surface area contributed by atoms with Gasteiger partial charge >= 0.3 is 0 Å². The molecule has 4 nitrogen and oxygen atoms in total. The first-order chi connectivity index (χ1) is 7.84. The van der Waals surface area contributed by atoms with Gasteiger partial charge in [0.05, 0.1) is 12.6 Å². The summed E-state index contributed by atoms with van der Waals surface area (Å²) in [6.07, 6.45) is 5.21. The molecule has 0 saturated carbocycles. The first kappa shape index (κ1) is 12.0. The summed E-state index contributed by atoms with van der Waals surface area (Å²) in [6.45, 7) is 2.54. The molecule has 2 atom stereocenters. The maximum Gasteiger partial charge on any atom is 0.188 e. The van der Waals surface area contributed by atoms with E-state index in [4.69, 9.17) is 10.5 Å². The van der Waals surface area contributed by atoms with Gasteiger partial charge in [-0.15, -0.1) is 0 Å². The van der Waals surface area contributed by atoms with E-state index >= 15 is 0 Å². The maximum atomic E-state index is 5.80. The molecule has 0 aromatic carbocycles. The largest absolute Gasteiger partial charge is 0.376 e. The second-order valence-corrected chi connectivity index (χ2v) is 5.79. The van der Waals surface area contributed by atoms with Gasteiger partial charge in [0.25, 0.3) is 0 Å². The van der Waals surface area contributed by atoms with Crippen LogP contribution in [0, 0.1) is 0 Å². The zero-order valence-electron chi connectivity index (χ0n) is 9.65. The number of nitrogens with zero attached hydrogens (tertiary/aromatic N) is 1. The molecule has 0 amide bonds. The minimum Gasteiger partial charge on any atom is -0.376 e. The van der Waals surface area contributed by atoms with E-state index in [1.54, 1.807) is 0 Å². The highest BCUT2D eigenvalue weighted by Crippen LogP contribution is 2.25. The minimum atomic E-state index is 0.293. The molecular weight excluding hydrogens is 222 g/mol. The first-order valence-electron chi connectivity index (χ1n) is 6.11. The Balaban J connectivity index is 1.61. The van der Waals surface area contributed by atoms with Crippen molar-refractivity contribution in [2.75, 3.05) is 25.4 Å². The highest BCUT2D eigenvalue weighted by molar-refractivity contribution is 8.00. The Bertz CT molecular complexity index is 235. The van der Waals surface area contributed by atoms with Crippen molar-refractivity contribution in [3.63, 3.8) is 0 Å². The minimum absolute atomic E-state index is 0.293. The van der Waals surface area contributed by atoms with Crippen LogP contribution in [-0.2, 0) is 4.74 Å². The molecule has 2 fully saturated rings. The molecule has 0 aromatic rings. The molecule has 3 N–H and O–H groups in total. The summed E-state index contributed by atoms with van der Waals surface area (Å²) in [5.74, 6) is 1.86. The van der Waals surface area contributed by atoms with Gasteiger partial charge in [-0.05, 0) is 31.4 Å². The molecule has 2 heterocycles. The highest BCUT2D eigenvalue weighted by atomic mass is 32.2. The number of aliphatic imine (C=N–C) groups is 1. The van der Waals surface area contributed by atoms with Crippen LogP contribution in [0.4, 0.5) is 0 Å². The van der Waals surface area contributed by atoms with Crippen molar-refractivity contribution < 1.29 is 4.74 Å². The highest BCUT2D eigenvalue weighted by Gasteiger charge is 2.16. The average molecular weight is 243 g/mol. The van der Waals surface area contributed by atoms with Crippen LogP contribution in [0.1, 0.15) is 25.7 Å². The van der Waals surface area contributed by atoms with Gasteiger partial charge in [0.2, 0.25) is 0 Å². The number of hydrogen-bond donors (Lipinski definition) is 2. The van der Waals surface area contributed by atoms with Gasteiger partial charge < -0.3 is 15.8 Å². The van der Waals surface area contributed by atoms with E-state index in [2.05, 4.69) is 10.3 Å². The Morgan fingerprint density at radius 3 is 3.06 bits per heavy atom. The standard InChI is InChI=1S/C11H21N3OS/c12-11(13-7-9-3-1-5-15-9)14-8-10-4-2-6-16-10/h9-10H,1-8H2,(H3,12,13,14). The topological polar surface area (TPSA) is 59.6 Å². The summed E-state index contributed by atoms with van der Waals surface area (Å²) in [4.78, 5) is 4.32. The van der Waals surface area contributed by atoms with Crippen LogP contribution in [-0.4, -0.2) is 42.8 Å². The van der Waals surface area contributed by atoms with Crippen LogP contribution in [0.5, 0.6) is 0 Å². The molecule has 2 aliphatic heterocycles. The summed E-state index contributed by atoms with van der Waals surface area (Å²) in [5, 5.41) is 3.92. The number of ether oxygens (including phenoxy) is 1. The summed E-state index contributed by atoms with van der Waals surface area (Å²) >= 11 is 2.03. The number of guanidine groups is 1. The third kappa shape index (κ3) is 3.87. The van der Waals surface area contributed by atoms with E-state index in [9.17, 15) is 0 Å². The SMILES string of the molecule is NC(=NCC1CCCO1)NCC1CCCS1. The average Bonchev–Trinajstić information content (AvgIpc) is 2.96. The molecule has 0 radical (unpaired) electrons. The van der Waals surface area contributed by atoms with E-state index in [0.29, 0.717) is 18.6 Å². The normalized spacial score (nSPS) is 30.9. The monoisotopic (exact) mass is 243 g/mol. The maximum absolute atomic E-state index is 5.80. The molecule has 92 valence electrons. The number of nitrogens with one attached hydrogen (secondary N) is 1. The Morgan fingerprint density at radius 2 is 2.38 bits per heavy atom. The fourth-order valence-corrected chi connectivity index (χ4v) is 3.27. The van der Waals surface area contributed by atoms with Gasteiger partial charge in [-0.2, -0.15) is 11.8 Å². The molecule has 2 aliphatic rings. The third-order valence-corrected chi connectivity index (χ3v) is 4.42. The second-order valence-electron chi connectivity index (χ2n) is 4.38. The number of hydrogen-bond acceptors (Lipinski definition) is 3. The summed E-state index contributed by atoms with van der Waals surface area (Å²) in [7, 11) is 0. The lowest BCUT2D eigenvalue weighted by molar-refractivity contribution is 0.118. The Morgan fingerprint density at radius 1 is 1.44 bits per heavy atom. The summed E-state index contributed by atoms with van der Waals surface area (Å²) < 4.78 is 5.49. The summed E-state index contributed by atoms with van der Waals surface area (Å²) in [5.41, 5.74) is 5.80. The van der Waals surface area contributed by atoms with E-state index in [-0.39, 0.29) is 0 Å². The van der Waals surface area contributed by atoms with Crippen molar-refractivity contribution in [3.05, 3.63) is 0 Å². The molecule has 16 heavy (non-hydrogen) atoms. The number of thioether (sulfide) groups is 1. The van der Waals surface area contributed by atoms with E-state index in [1.165, 1.54) is 18.6 Å². The quantitative estimate of drug-likeness (QED) is 0.570. The van der Waals surface area contributed by atoms with Crippen molar-refractivity contribution in [2.24, 2.45) is 10.7 Å². The van der Waals surface area contributed by atoms with Gasteiger partial charge in [-0.3, -0.25) is 4.99 Å². The molecule has 0 bridgehead atoms. The van der Waals surface area contributed by atoms with Crippen LogP contribution in [0.2, 0.25) is 0 Å². The lowest BCUT2D eigenvalue weighted by Crippen LogP contribution is -2.36. The summed E-state index contributed by atoms with van der Waals surface area (Å²) in [6, 6.07) is 0. The zero-order chi connectivity index (χ0) is 11.2. The van der Waals surface area contributed by atoms with Crippen LogP contribution >= 0.6 is 11.8 Å². The van der Waals surface area contributed by atoms with Crippen molar-refractivity contribution in [3.8, 4) is 0 Å². The van der Waals surface area contributed by atoms with Crippen LogP contribution in [0.25, 0.3) is 0 Å². The fraction of sp³-hybridized carbons (Fsp3) is 0.909. The van der Waals surface area contributed by atoms with Gasteiger partial charge in [-0.25, -0.2) is 0 Å². The molecule has 2 saturated heterocycles. The van der Waals surface area contributed by atoms with Crippen molar-refractivity contribution in [2.45, 2.75) is 37.0 Å².